The Bertz CT molecular complexity index is 452. The van der Waals surface area contributed by atoms with E-state index in [0.717, 1.165) is 23.6 Å². The summed E-state index contributed by atoms with van der Waals surface area (Å²) in [5.74, 6) is 0. The number of rotatable bonds is 5. The molecule has 1 atom stereocenters. The second-order valence-electron chi connectivity index (χ2n) is 4.13. The summed E-state index contributed by atoms with van der Waals surface area (Å²) in [7, 11) is 0. The molecule has 90 valence electrons. The molecule has 1 aromatic carbocycles. The third-order valence-corrected chi connectivity index (χ3v) is 4.15. The molecule has 2 N–H and O–H groups in total. The number of thiophene rings is 1. The van der Waals surface area contributed by atoms with Crippen molar-refractivity contribution in [2.75, 3.05) is 0 Å². The van der Waals surface area contributed by atoms with Crippen LogP contribution in [-0.4, -0.2) is 0 Å². The van der Waals surface area contributed by atoms with Gasteiger partial charge in [-0.1, -0.05) is 41.9 Å². The van der Waals surface area contributed by atoms with Gasteiger partial charge < -0.3 is 5.73 Å². The maximum atomic E-state index is 6.12. The average Bonchev–Trinajstić information content (AvgIpc) is 2.77. The summed E-state index contributed by atoms with van der Waals surface area (Å²) in [5, 5.41) is 0. The molecule has 0 saturated heterocycles. The van der Waals surface area contributed by atoms with Gasteiger partial charge in [-0.05, 0) is 37.0 Å². The van der Waals surface area contributed by atoms with Crippen molar-refractivity contribution in [1.82, 2.24) is 0 Å². The van der Waals surface area contributed by atoms with E-state index in [-0.39, 0.29) is 6.04 Å². The third kappa shape index (κ3) is 3.84. The lowest BCUT2D eigenvalue weighted by atomic mass is 10.0. The predicted octanol–water partition coefficient (Wildman–Crippen LogP) is 4.42. The molecule has 1 aromatic heterocycles. The lowest BCUT2D eigenvalue weighted by Gasteiger charge is -2.09. The van der Waals surface area contributed by atoms with Crippen LogP contribution in [0, 0.1) is 0 Å². The fourth-order valence-corrected chi connectivity index (χ4v) is 2.94. The Labute approximate surface area is 111 Å². The van der Waals surface area contributed by atoms with Crippen LogP contribution in [0.5, 0.6) is 0 Å². The molecule has 1 nitrogen and oxygen atoms in total. The maximum absolute atomic E-state index is 6.12. The SMILES string of the molecule is NC(CCCc1ccccc1)c1ccc(Cl)s1. The predicted molar refractivity (Wildman–Crippen MR) is 75.6 cm³/mol. The molecule has 2 aromatic rings. The lowest BCUT2D eigenvalue weighted by Crippen LogP contribution is -2.08. The third-order valence-electron chi connectivity index (χ3n) is 2.78. The second-order valence-corrected chi connectivity index (χ2v) is 5.87. The van der Waals surface area contributed by atoms with Gasteiger partial charge in [-0.2, -0.15) is 0 Å². The van der Waals surface area contributed by atoms with Crippen LogP contribution in [0.25, 0.3) is 0 Å². The zero-order valence-electron chi connectivity index (χ0n) is 9.60. The minimum atomic E-state index is 0.121. The number of halogens is 1. The molecule has 0 aliphatic rings. The molecular formula is C14H16ClNS. The van der Waals surface area contributed by atoms with E-state index in [0.29, 0.717) is 0 Å². The fraction of sp³-hybridized carbons (Fsp3) is 0.286. The topological polar surface area (TPSA) is 26.0 Å². The molecule has 0 radical (unpaired) electrons. The van der Waals surface area contributed by atoms with E-state index < -0.39 is 0 Å². The van der Waals surface area contributed by atoms with Crippen LogP contribution in [-0.2, 0) is 6.42 Å². The van der Waals surface area contributed by atoms with Crippen molar-refractivity contribution in [3.05, 3.63) is 57.2 Å². The van der Waals surface area contributed by atoms with Gasteiger partial charge in [0.2, 0.25) is 0 Å². The maximum Gasteiger partial charge on any atom is 0.0931 e. The van der Waals surface area contributed by atoms with Crippen LogP contribution in [0.3, 0.4) is 0 Å². The van der Waals surface area contributed by atoms with Crippen molar-refractivity contribution in [1.29, 1.82) is 0 Å². The smallest absolute Gasteiger partial charge is 0.0931 e. The molecule has 1 unspecified atom stereocenters. The molecule has 0 spiro atoms. The highest BCUT2D eigenvalue weighted by Crippen LogP contribution is 2.28. The summed E-state index contributed by atoms with van der Waals surface area (Å²) in [6.07, 6.45) is 3.21. The number of hydrogen-bond acceptors (Lipinski definition) is 2. The summed E-state index contributed by atoms with van der Waals surface area (Å²) >= 11 is 7.48. The highest BCUT2D eigenvalue weighted by molar-refractivity contribution is 7.16. The molecule has 17 heavy (non-hydrogen) atoms. The van der Waals surface area contributed by atoms with E-state index in [1.54, 1.807) is 11.3 Å². The molecule has 3 heteroatoms. The molecule has 2 rings (SSSR count). The fourth-order valence-electron chi connectivity index (χ4n) is 1.84. The molecule has 0 aliphatic heterocycles. The molecular weight excluding hydrogens is 250 g/mol. The van der Waals surface area contributed by atoms with E-state index in [1.165, 1.54) is 10.4 Å². The normalized spacial score (nSPS) is 12.6. The first-order chi connectivity index (χ1) is 8.25. The minimum absolute atomic E-state index is 0.121. The summed E-state index contributed by atoms with van der Waals surface area (Å²) in [6.45, 7) is 0. The second kappa shape index (κ2) is 6.20. The zero-order chi connectivity index (χ0) is 12.1. The van der Waals surface area contributed by atoms with Gasteiger partial charge in [0.1, 0.15) is 0 Å². The van der Waals surface area contributed by atoms with Crippen LogP contribution in [0.2, 0.25) is 4.34 Å². The molecule has 0 amide bonds. The van der Waals surface area contributed by atoms with Gasteiger partial charge in [-0.3, -0.25) is 0 Å². The standard InChI is InChI=1S/C14H16ClNS/c15-14-10-9-13(17-14)12(16)8-4-7-11-5-2-1-3-6-11/h1-3,5-6,9-10,12H,4,7-8,16H2. The van der Waals surface area contributed by atoms with E-state index in [4.69, 9.17) is 17.3 Å². The van der Waals surface area contributed by atoms with Gasteiger partial charge in [0.15, 0.2) is 0 Å². The largest absolute Gasteiger partial charge is 0.323 e. The van der Waals surface area contributed by atoms with Gasteiger partial charge in [-0.25, -0.2) is 0 Å². The quantitative estimate of drug-likeness (QED) is 0.851. The Morgan fingerprint density at radius 2 is 1.88 bits per heavy atom. The van der Waals surface area contributed by atoms with Gasteiger partial charge in [0.25, 0.3) is 0 Å². The Hall–Kier alpha value is -0.830. The number of benzene rings is 1. The Morgan fingerprint density at radius 3 is 2.53 bits per heavy atom. The van der Waals surface area contributed by atoms with Crippen LogP contribution in [0.4, 0.5) is 0 Å². The summed E-state index contributed by atoms with van der Waals surface area (Å²) < 4.78 is 0.818. The number of nitrogens with two attached hydrogens (primary N) is 1. The van der Waals surface area contributed by atoms with Gasteiger partial charge in [0.05, 0.1) is 4.34 Å². The van der Waals surface area contributed by atoms with Crippen LogP contribution in [0.1, 0.15) is 29.3 Å². The van der Waals surface area contributed by atoms with Crippen molar-refractivity contribution in [2.45, 2.75) is 25.3 Å². The summed E-state index contributed by atoms with van der Waals surface area (Å²) in [5.41, 5.74) is 7.50. The first-order valence-corrected chi connectivity index (χ1v) is 7.00. The van der Waals surface area contributed by atoms with Crippen LogP contribution in [0.15, 0.2) is 42.5 Å². The average molecular weight is 266 g/mol. The van der Waals surface area contributed by atoms with E-state index in [1.807, 2.05) is 18.2 Å². The van der Waals surface area contributed by atoms with E-state index >= 15 is 0 Å². The van der Waals surface area contributed by atoms with Crippen molar-refractivity contribution >= 4 is 22.9 Å². The first-order valence-electron chi connectivity index (χ1n) is 5.80. The van der Waals surface area contributed by atoms with Crippen LogP contribution >= 0.6 is 22.9 Å². The molecule has 0 fully saturated rings. The number of aryl methyl sites for hydroxylation is 1. The monoisotopic (exact) mass is 265 g/mol. The molecule has 1 heterocycles. The van der Waals surface area contributed by atoms with E-state index in [9.17, 15) is 0 Å². The Kier molecular flexibility index (Phi) is 4.60. The van der Waals surface area contributed by atoms with Crippen LogP contribution < -0.4 is 5.73 Å². The van der Waals surface area contributed by atoms with Crippen molar-refractivity contribution in [3.8, 4) is 0 Å². The number of hydrogen-bond donors (Lipinski definition) is 1. The first kappa shape index (κ1) is 12.6. The van der Waals surface area contributed by atoms with Crippen molar-refractivity contribution in [3.63, 3.8) is 0 Å². The van der Waals surface area contributed by atoms with Crippen molar-refractivity contribution < 1.29 is 0 Å². The zero-order valence-corrected chi connectivity index (χ0v) is 11.2. The minimum Gasteiger partial charge on any atom is -0.323 e. The highest BCUT2D eigenvalue weighted by Gasteiger charge is 2.08. The Balaban J connectivity index is 1.79. The molecule has 0 aliphatic carbocycles. The van der Waals surface area contributed by atoms with E-state index in [2.05, 4.69) is 24.3 Å². The Morgan fingerprint density at radius 1 is 1.12 bits per heavy atom. The lowest BCUT2D eigenvalue weighted by molar-refractivity contribution is 0.620. The molecule has 0 bridgehead atoms. The van der Waals surface area contributed by atoms with Gasteiger partial charge in [-0.15, -0.1) is 11.3 Å². The summed E-state index contributed by atoms with van der Waals surface area (Å²) in [4.78, 5) is 1.18. The van der Waals surface area contributed by atoms with Crippen molar-refractivity contribution in [2.24, 2.45) is 5.73 Å². The van der Waals surface area contributed by atoms with Gasteiger partial charge >= 0.3 is 0 Å². The van der Waals surface area contributed by atoms with Gasteiger partial charge in [0, 0.05) is 10.9 Å². The molecule has 0 saturated carbocycles. The highest BCUT2D eigenvalue weighted by atomic mass is 35.5. The summed E-state index contributed by atoms with van der Waals surface area (Å²) in [6, 6.07) is 14.6.